The molecule has 3 unspecified atom stereocenters. The van der Waals surface area contributed by atoms with Crippen LogP contribution in [-0.2, 0) is 0 Å². The zero-order valence-corrected chi connectivity index (χ0v) is 11.4. The number of hydrogen-bond donors (Lipinski definition) is 2. The maximum atomic E-state index is 12.2. The van der Waals surface area contributed by atoms with Crippen molar-refractivity contribution in [2.75, 3.05) is 18.4 Å². The van der Waals surface area contributed by atoms with E-state index in [-0.39, 0.29) is 23.7 Å². The largest absolute Gasteiger partial charge is 0.393 e. The van der Waals surface area contributed by atoms with Gasteiger partial charge in [0.25, 0.3) is 5.69 Å². The fraction of sp³-hybridized carbons (Fsp3) is 0.500. The van der Waals surface area contributed by atoms with Gasteiger partial charge in [-0.3, -0.25) is 10.1 Å². The topological polar surface area (TPSA) is 95.7 Å². The van der Waals surface area contributed by atoms with Crippen molar-refractivity contribution in [1.82, 2.24) is 4.90 Å². The van der Waals surface area contributed by atoms with Gasteiger partial charge in [0.15, 0.2) is 0 Å². The van der Waals surface area contributed by atoms with Crippen LogP contribution in [-0.4, -0.2) is 40.2 Å². The second-order valence-corrected chi connectivity index (χ2v) is 5.71. The lowest BCUT2D eigenvalue weighted by atomic mass is 10.00. The van der Waals surface area contributed by atoms with Crippen molar-refractivity contribution in [2.24, 2.45) is 11.8 Å². The number of aliphatic hydroxyl groups is 1. The highest BCUT2D eigenvalue weighted by Gasteiger charge is 2.43. The first kappa shape index (κ1) is 13.8. The molecule has 1 aliphatic heterocycles. The van der Waals surface area contributed by atoms with Crippen LogP contribution in [0.4, 0.5) is 16.2 Å². The minimum atomic E-state index is -0.478. The molecule has 1 aromatic carbocycles. The first-order chi connectivity index (χ1) is 10.0. The fourth-order valence-electron chi connectivity index (χ4n) is 3.27. The summed E-state index contributed by atoms with van der Waals surface area (Å²) in [4.78, 5) is 24.0. The Morgan fingerprint density at radius 1 is 1.29 bits per heavy atom. The summed E-state index contributed by atoms with van der Waals surface area (Å²) in [5.41, 5.74) is 0.523. The molecule has 0 spiro atoms. The van der Waals surface area contributed by atoms with E-state index < -0.39 is 4.92 Å². The van der Waals surface area contributed by atoms with Crippen molar-refractivity contribution in [3.63, 3.8) is 0 Å². The van der Waals surface area contributed by atoms with Crippen LogP contribution in [0.15, 0.2) is 24.3 Å². The predicted molar refractivity (Wildman–Crippen MR) is 75.9 cm³/mol. The number of urea groups is 1. The van der Waals surface area contributed by atoms with Gasteiger partial charge in [0.05, 0.1) is 11.0 Å². The molecular formula is C14H17N3O4. The Morgan fingerprint density at radius 2 is 2.00 bits per heavy atom. The Kier molecular flexibility index (Phi) is 3.50. The summed E-state index contributed by atoms with van der Waals surface area (Å²) in [7, 11) is 0. The third-order valence-electron chi connectivity index (χ3n) is 4.44. The first-order valence-corrected chi connectivity index (χ1v) is 7.03. The Balaban J connectivity index is 1.61. The van der Waals surface area contributed by atoms with Gasteiger partial charge in [-0.2, -0.15) is 0 Å². The second-order valence-electron chi connectivity index (χ2n) is 5.71. The van der Waals surface area contributed by atoms with Gasteiger partial charge in [-0.15, -0.1) is 0 Å². The number of nitro benzene ring substituents is 1. The zero-order valence-electron chi connectivity index (χ0n) is 11.4. The highest BCUT2D eigenvalue weighted by atomic mass is 16.6. The smallest absolute Gasteiger partial charge is 0.321 e. The predicted octanol–water partition coefficient (Wildman–Crippen LogP) is 1.83. The summed E-state index contributed by atoms with van der Waals surface area (Å²) in [6.07, 6.45) is 1.49. The van der Waals surface area contributed by atoms with Gasteiger partial charge in [0.2, 0.25) is 0 Å². The minimum Gasteiger partial charge on any atom is -0.393 e. The Bertz CT molecular complexity index is 560. The third kappa shape index (κ3) is 2.69. The highest BCUT2D eigenvalue weighted by molar-refractivity contribution is 5.89. The van der Waals surface area contributed by atoms with Crippen LogP contribution in [0, 0.1) is 22.0 Å². The Morgan fingerprint density at radius 3 is 2.62 bits per heavy atom. The summed E-state index contributed by atoms with van der Waals surface area (Å²) >= 11 is 0. The van der Waals surface area contributed by atoms with E-state index in [0.717, 1.165) is 12.8 Å². The first-order valence-electron chi connectivity index (χ1n) is 7.03. The number of nitro groups is 1. The van der Waals surface area contributed by atoms with Crippen molar-refractivity contribution in [3.8, 4) is 0 Å². The van der Waals surface area contributed by atoms with Crippen LogP contribution in [0.25, 0.3) is 0 Å². The van der Waals surface area contributed by atoms with E-state index in [9.17, 15) is 20.0 Å². The molecule has 7 heteroatoms. The van der Waals surface area contributed by atoms with Gasteiger partial charge in [0.1, 0.15) is 0 Å². The van der Waals surface area contributed by atoms with E-state index in [2.05, 4.69) is 5.32 Å². The summed E-state index contributed by atoms with van der Waals surface area (Å²) in [6, 6.07) is 5.53. The van der Waals surface area contributed by atoms with Gasteiger partial charge in [-0.1, -0.05) is 0 Å². The summed E-state index contributed by atoms with van der Waals surface area (Å²) in [5.74, 6) is 0.579. The molecule has 0 radical (unpaired) electrons. The summed E-state index contributed by atoms with van der Waals surface area (Å²) in [6.45, 7) is 1.24. The molecule has 2 N–H and O–H groups in total. The average Bonchev–Trinajstić information content (AvgIpc) is 3.02. The minimum absolute atomic E-state index is 0.00757. The van der Waals surface area contributed by atoms with E-state index in [1.54, 1.807) is 4.90 Å². The molecule has 0 bridgehead atoms. The van der Waals surface area contributed by atoms with Crippen LogP contribution in [0.2, 0.25) is 0 Å². The normalized spacial score (nSPS) is 27.5. The number of fused-ring (bicyclic) bond motifs is 1. The van der Waals surface area contributed by atoms with E-state index in [1.807, 2.05) is 0 Å². The number of aliphatic hydroxyl groups excluding tert-OH is 1. The number of rotatable bonds is 2. The molecule has 2 fully saturated rings. The van der Waals surface area contributed by atoms with E-state index in [4.69, 9.17) is 0 Å². The van der Waals surface area contributed by atoms with Gasteiger partial charge in [0, 0.05) is 36.8 Å². The van der Waals surface area contributed by atoms with Gasteiger partial charge < -0.3 is 15.3 Å². The van der Waals surface area contributed by atoms with E-state index in [0.29, 0.717) is 24.7 Å². The molecule has 1 aromatic rings. The SMILES string of the molecule is O=C(Nc1ccc([N+](=O)[O-])cc1)N1CC2CCC(O)C2C1. The molecule has 1 aliphatic carbocycles. The molecule has 0 aromatic heterocycles. The number of carbonyl (C=O) groups excluding carboxylic acids is 1. The molecule has 7 nitrogen and oxygen atoms in total. The molecule has 2 amide bonds. The van der Waals surface area contributed by atoms with Gasteiger partial charge >= 0.3 is 6.03 Å². The Hall–Kier alpha value is -2.15. The van der Waals surface area contributed by atoms with Crippen LogP contribution in [0.5, 0.6) is 0 Å². The van der Waals surface area contributed by atoms with E-state index >= 15 is 0 Å². The van der Waals surface area contributed by atoms with Crippen LogP contribution in [0.3, 0.4) is 0 Å². The van der Waals surface area contributed by atoms with Crippen molar-refractivity contribution in [1.29, 1.82) is 0 Å². The lowest BCUT2D eigenvalue weighted by Crippen LogP contribution is -2.34. The summed E-state index contributed by atoms with van der Waals surface area (Å²) < 4.78 is 0. The second kappa shape index (κ2) is 5.33. The zero-order chi connectivity index (χ0) is 15.0. The lowest BCUT2D eigenvalue weighted by molar-refractivity contribution is -0.384. The molecule has 1 saturated carbocycles. The third-order valence-corrected chi connectivity index (χ3v) is 4.44. The molecule has 112 valence electrons. The van der Waals surface area contributed by atoms with Gasteiger partial charge in [-0.25, -0.2) is 4.79 Å². The number of non-ortho nitro benzene ring substituents is 1. The summed E-state index contributed by atoms with van der Waals surface area (Å²) in [5, 5.41) is 23.2. The molecule has 1 saturated heterocycles. The number of nitrogens with one attached hydrogen (secondary N) is 1. The van der Waals surface area contributed by atoms with Crippen molar-refractivity contribution < 1.29 is 14.8 Å². The van der Waals surface area contributed by atoms with E-state index in [1.165, 1.54) is 24.3 Å². The highest BCUT2D eigenvalue weighted by Crippen LogP contribution is 2.38. The fourth-order valence-corrected chi connectivity index (χ4v) is 3.27. The monoisotopic (exact) mass is 291 g/mol. The molecule has 1 heterocycles. The Labute approximate surface area is 121 Å². The molecular weight excluding hydrogens is 274 g/mol. The number of nitrogens with zero attached hydrogens (tertiary/aromatic N) is 2. The number of anilines is 1. The average molecular weight is 291 g/mol. The maximum absolute atomic E-state index is 12.2. The molecule has 21 heavy (non-hydrogen) atoms. The maximum Gasteiger partial charge on any atom is 0.321 e. The molecule has 2 aliphatic rings. The molecule has 3 atom stereocenters. The quantitative estimate of drug-likeness (QED) is 0.642. The van der Waals surface area contributed by atoms with Gasteiger partial charge in [-0.05, 0) is 30.9 Å². The lowest BCUT2D eigenvalue weighted by Gasteiger charge is -2.19. The number of benzene rings is 1. The number of carbonyl (C=O) groups is 1. The van der Waals surface area contributed by atoms with Crippen molar-refractivity contribution in [3.05, 3.63) is 34.4 Å². The number of likely N-dealkylation sites (tertiary alicyclic amines) is 1. The number of hydrogen-bond acceptors (Lipinski definition) is 4. The van der Waals surface area contributed by atoms with Crippen LogP contribution >= 0.6 is 0 Å². The molecule has 3 rings (SSSR count). The standard InChI is InChI=1S/C14H17N3O4/c18-13-6-1-9-7-16(8-12(9)13)14(19)15-10-2-4-11(5-3-10)17(20)21/h2-5,9,12-13,18H,1,6-8H2,(H,15,19). The van der Waals surface area contributed by atoms with Crippen molar-refractivity contribution in [2.45, 2.75) is 18.9 Å². The van der Waals surface area contributed by atoms with Crippen molar-refractivity contribution >= 4 is 17.4 Å². The number of amides is 2. The van der Waals surface area contributed by atoms with Crippen LogP contribution < -0.4 is 5.32 Å². The van der Waals surface area contributed by atoms with Crippen LogP contribution in [0.1, 0.15) is 12.8 Å².